The summed E-state index contributed by atoms with van der Waals surface area (Å²) in [6.45, 7) is 0. The summed E-state index contributed by atoms with van der Waals surface area (Å²) in [4.78, 5) is 10.7. The monoisotopic (exact) mass is 391 g/mol. The van der Waals surface area contributed by atoms with Crippen molar-refractivity contribution in [3.63, 3.8) is 0 Å². The molecule has 0 heterocycles. The lowest BCUT2D eigenvalue weighted by molar-refractivity contribution is -0.137. The van der Waals surface area contributed by atoms with Crippen LogP contribution in [-0.2, 0) is 16.3 Å². The van der Waals surface area contributed by atoms with Crippen molar-refractivity contribution < 1.29 is 14.0 Å². The van der Waals surface area contributed by atoms with Crippen molar-refractivity contribution in [2.45, 2.75) is 48.9 Å². The second-order valence-corrected chi connectivity index (χ2v) is 8.55. The molecule has 0 bridgehead atoms. The molecule has 2 rings (SSSR count). The average Bonchev–Trinajstić information content (AvgIpc) is 2.72. The lowest BCUT2D eigenvalue weighted by atomic mass is 10.1. The quantitative estimate of drug-likeness (QED) is 0.409. The summed E-state index contributed by atoms with van der Waals surface area (Å²) >= 11 is 3.69. The fourth-order valence-corrected chi connectivity index (χ4v) is 4.94. The van der Waals surface area contributed by atoms with Gasteiger partial charge in [0.2, 0.25) is 0 Å². The minimum absolute atomic E-state index is 0.00202. The number of hydrogen-bond acceptors (Lipinski definition) is 3. The van der Waals surface area contributed by atoms with Crippen molar-refractivity contribution in [3.8, 4) is 0 Å². The molecule has 1 N–H and O–H groups in total. The molecule has 2 nitrogen and oxygen atoms in total. The van der Waals surface area contributed by atoms with E-state index in [9.17, 15) is 4.79 Å². The van der Waals surface area contributed by atoms with Crippen LogP contribution in [0.5, 0.6) is 0 Å². The molecule has 2 aromatic rings. The Kier molecular flexibility index (Phi) is 8.30. The molecule has 0 aromatic heterocycles. The predicted octanol–water partition coefficient (Wildman–Crippen LogP) is 6.26. The Morgan fingerprint density at radius 3 is 2.62 bits per heavy atom. The second-order valence-electron chi connectivity index (χ2n) is 6.15. The van der Waals surface area contributed by atoms with Gasteiger partial charge in [-0.3, -0.25) is 4.79 Å². The Morgan fingerprint density at radius 2 is 1.81 bits per heavy atom. The van der Waals surface area contributed by atoms with E-state index in [2.05, 4.69) is 24.3 Å². The van der Waals surface area contributed by atoms with Gasteiger partial charge in [-0.15, -0.1) is 0 Å². The fraction of sp³-hybridized carbons (Fsp3) is 0.409. The van der Waals surface area contributed by atoms with Gasteiger partial charge in [0, 0.05) is 23.2 Å². The summed E-state index contributed by atoms with van der Waals surface area (Å²) in [6.07, 6.45) is 3.93. The molecule has 0 saturated carbocycles. The summed E-state index contributed by atoms with van der Waals surface area (Å²) in [7, 11) is 0. The first-order valence-electron chi connectivity index (χ1n) is 10.5. The van der Waals surface area contributed by atoms with Crippen molar-refractivity contribution in [1.82, 2.24) is 0 Å². The molecule has 0 aliphatic rings. The van der Waals surface area contributed by atoms with Crippen molar-refractivity contribution in [1.29, 1.82) is 0 Å². The lowest BCUT2D eigenvalue weighted by Gasteiger charge is -2.16. The highest BCUT2D eigenvalue weighted by molar-refractivity contribution is 7.99. The lowest BCUT2D eigenvalue weighted by Crippen LogP contribution is -2.06. The third-order valence-electron chi connectivity index (χ3n) is 4.00. The number of carboxylic acids is 1. The van der Waals surface area contributed by atoms with Gasteiger partial charge in [0.25, 0.3) is 0 Å². The van der Waals surface area contributed by atoms with Gasteiger partial charge in [-0.25, -0.2) is 0 Å². The zero-order chi connectivity index (χ0) is 21.1. The molecule has 0 fully saturated rings. The molecule has 0 saturated heterocycles. The van der Waals surface area contributed by atoms with E-state index < -0.39 is 5.97 Å². The van der Waals surface area contributed by atoms with Crippen molar-refractivity contribution in [2.75, 3.05) is 5.75 Å². The molecule has 1 atom stereocenters. The van der Waals surface area contributed by atoms with E-state index in [1.807, 2.05) is 17.8 Å². The van der Waals surface area contributed by atoms with E-state index in [1.165, 1.54) is 5.56 Å². The summed E-state index contributed by atoms with van der Waals surface area (Å²) in [5.41, 5.74) is 2.11. The van der Waals surface area contributed by atoms with Gasteiger partial charge < -0.3 is 5.11 Å². The number of unbranched alkanes of at least 4 members (excludes halogenated alkanes) is 1. The third kappa shape index (κ3) is 9.35. The maximum Gasteiger partial charge on any atom is 0.303 e. The second kappa shape index (κ2) is 12.9. The number of thioether (sulfide) groups is 2. The number of aliphatic carboxylic acids is 1. The van der Waals surface area contributed by atoms with Gasteiger partial charge >= 0.3 is 5.97 Å². The molecule has 0 spiro atoms. The molecule has 140 valence electrons. The van der Waals surface area contributed by atoms with Crippen molar-refractivity contribution >= 4 is 29.5 Å². The summed E-state index contributed by atoms with van der Waals surface area (Å²) in [5.74, 6) is 1.87. The molecule has 2 aromatic carbocycles. The highest BCUT2D eigenvalue weighted by atomic mass is 32.2. The van der Waals surface area contributed by atoms with Crippen LogP contribution in [0.3, 0.4) is 0 Å². The summed E-state index contributed by atoms with van der Waals surface area (Å²) in [5, 5.41) is 9.30. The first-order chi connectivity index (χ1) is 14.0. The molecule has 0 radical (unpaired) electrons. The van der Waals surface area contributed by atoms with E-state index in [0.717, 1.165) is 42.8 Å². The Hall–Kier alpha value is -1.39. The van der Waals surface area contributed by atoms with E-state index in [4.69, 9.17) is 9.22 Å². The van der Waals surface area contributed by atoms with Crippen LogP contribution < -0.4 is 0 Å². The summed E-state index contributed by atoms with van der Waals surface area (Å²) in [6, 6.07) is 14.0. The summed E-state index contributed by atoms with van der Waals surface area (Å²) < 4.78 is 23.4. The molecule has 0 aliphatic heterocycles. The van der Waals surface area contributed by atoms with Crippen LogP contribution >= 0.6 is 23.5 Å². The van der Waals surface area contributed by atoms with Gasteiger partial charge in [-0.1, -0.05) is 67.0 Å². The number of rotatable bonds is 13. The standard InChI is InChI=1S/C22H28O2S2/c23-22(24)14-8-7-13-21(26-18-20-11-5-2-6-12-20)15-16-25-17-19-9-3-1-4-10-19/h1-6,9-12,21H,7-8,13-18H2,(H,23,24)/i1D,3D,9D. The zero-order valence-corrected chi connectivity index (χ0v) is 16.6. The minimum atomic E-state index is -0.729. The van der Waals surface area contributed by atoms with Crippen LogP contribution in [0.1, 0.15) is 47.3 Å². The maximum atomic E-state index is 10.7. The average molecular weight is 392 g/mol. The van der Waals surface area contributed by atoms with Crippen LogP contribution in [0.4, 0.5) is 0 Å². The number of carboxylic acid groups (broad SMARTS) is 1. The maximum absolute atomic E-state index is 10.7. The van der Waals surface area contributed by atoms with Gasteiger partial charge in [-0.2, -0.15) is 23.5 Å². The van der Waals surface area contributed by atoms with E-state index >= 15 is 0 Å². The third-order valence-corrected chi connectivity index (χ3v) is 6.48. The fourth-order valence-electron chi connectivity index (χ4n) is 2.57. The predicted molar refractivity (Wildman–Crippen MR) is 115 cm³/mol. The molecule has 4 heteroatoms. The zero-order valence-electron chi connectivity index (χ0n) is 17.9. The number of carbonyl (C=O) groups is 1. The van der Waals surface area contributed by atoms with E-state index in [1.54, 1.807) is 23.9 Å². The first kappa shape index (κ1) is 16.8. The molecule has 26 heavy (non-hydrogen) atoms. The van der Waals surface area contributed by atoms with Crippen molar-refractivity contribution in [2.24, 2.45) is 0 Å². The SMILES string of the molecule is [2H]c1ccc(CSCCC(CCCCC(=O)O)SCc2ccccc2)c([2H])c1[2H]. The minimum Gasteiger partial charge on any atom is -0.481 e. The van der Waals surface area contributed by atoms with E-state index in [-0.39, 0.29) is 24.5 Å². The molecular formula is C22H28O2S2. The van der Waals surface area contributed by atoms with Gasteiger partial charge in [-0.05, 0) is 36.1 Å². The van der Waals surface area contributed by atoms with Gasteiger partial charge in [0.15, 0.2) is 0 Å². The van der Waals surface area contributed by atoms with Gasteiger partial charge in [0.1, 0.15) is 0 Å². The van der Waals surface area contributed by atoms with Crippen LogP contribution in [0.25, 0.3) is 0 Å². The van der Waals surface area contributed by atoms with Crippen LogP contribution in [0.15, 0.2) is 60.6 Å². The Morgan fingerprint density at radius 1 is 1.00 bits per heavy atom. The normalized spacial score (nSPS) is 13.6. The van der Waals surface area contributed by atoms with Crippen LogP contribution in [0, 0.1) is 0 Å². The largest absolute Gasteiger partial charge is 0.481 e. The van der Waals surface area contributed by atoms with Gasteiger partial charge in [0.05, 0.1) is 4.11 Å². The van der Waals surface area contributed by atoms with Crippen LogP contribution in [0.2, 0.25) is 0 Å². The Bertz CT molecular complexity index is 772. The number of benzene rings is 2. The Balaban J connectivity index is 1.80. The Labute approximate surface area is 170 Å². The highest BCUT2D eigenvalue weighted by Gasteiger charge is 2.10. The first-order valence-corrected chi connectivity index (χ1v) is 11.2. The molecule has 0 aliphatic carbocycles. The van der Waals surface area contributed by atoms with Crippen LogP contribution in [-0.4, -0.2) is 22.1 Å². The molecule has 0 amide bonds. The highest BCUT2D eigenvalue weighted by Crippen LogP contribution is 2.27. The number of hydrogen-bond donors (Lipinski definition) is 1. The van der Waals surface area contributed by atoms with Crippen molar-refractivity contribution in [3.05, 3.63) is 71.7 Å². The van der Waals surface area contributed by atoms with E-state index in [0.29, 0.717) is 11.0 Å². The molecular weight excluding hydrogens is 360 g/mol. The topological polar surface area (TPSA) is 37.3 Å². The molecule has 1 unspecified atom stereocenters. The smallest absolute Gasteiger partial charge is 0.303 e.